The average molecular weight is 399 g/mol. The zero-order chi connectivity index (χ0) is 21.1. The Morgan fingerprint density at radius 3 is 2.07 bits per heavy atom. The van der Waals surface area contributed by atoms with Crippen LogP contribution in [0.4, 0.5) is 11.4 Å². The van der Waals surface area contributed by atoms with Crippen LogP contribution < -0.4 is 16.2 Å². The summed E-state index contributed by atoms with van der Waals surface area (Å²) >= 11 is 0. The lowest BCUT2D eigenvalue weighted by Crippen LogP contribution is -2.47. The molecule has 0 aliphatic heterocycles. The summed E-state index contributed by atoms with van der Waals surface area (Å²) in [4.78, 5) is 11.0. The highest BCUT2D eigenvalue weighted by atomic mass is 16.4. The zero-order valence-electron chi connectivity index (χ0n) is 15.9. The Balaban J connectivity index is 2.12. The van der Waals surface area contributed by atoms with Crippen molar-refractivity contribution in [2.75, 3.05) is 17.4 Å². The van der Waals surface area contributed by atoms with Crippen molar-refractivity contribution in [3.05, 3.63) is 60.7 Å². The van der Waals surface area contributed by atoms with E-state index < -0.39 is 18.3 Å². The molecule has 3 atom stereocenters. The van der Waals surface area contributed by atoms with Gasteiger partial charge in [-0.2, -0.15) is 10.2 Å². The van der Waals surface area contributed by atoms with Crippen LogP contribution in [0.1, 0.15) is 6.92 Å². The van der Waals surface area contributed by atoms with Gasteiger partial charge in [0.25, 0.3) is 0 Å². The molecule has 154 valence electrons. The summed E-state index contributed by atoms with van der Waals surface area (Å²) in [6.07, 6.45) is -3.31. The maximum atomic E-state index is 11.0. The van der Waals surface area contributed by atoms with Gasteiger partial charge in [-0.15, -0.1) is 0 Å². The molecule has 0 fully saturated rings. The lowest BCUT2D eigenvalue weighted by molar-refractivity contribution is -0.120. The van der Waals surface area contributed by atoms with Crippen molar-refractivity contribution in [2.24, 2.45) is 10.2 Å². The molecule has 1 amide bonds. The van der Waals surface area contributed by atoms with Crippen LogP contribution >= 0.6 is 0 Å². The fraction of sp³-hybridized carbons (Fsp3) is 0.250. The Bertz CT molecular complexity index is 814. The number of hydrogen-bond acceptors (Lipinski definition) is 8. The first-order valence-corrected chi connectivity index (χ1v) is 8.98. The number of rotatable bonds is 10. The van der Waals surface area contributed by atoms with Crippen molar-refractivity contribution >= 4 is 29.2 Å². The molecule has 0 spiro atoms. The molecule has 0 aliphatic rings. The van der Waals surface area contributed by atoms with E-state index in [0.717, 1.165) is 5.69 Å². The topological polar surface area (TPSA) is 139 Å². The second-order valence-electron chi connectivity index (χ2n) is 6.19. The smallest absolute Gasteiger partial charge is 0.216 e. The number of hydrazone groups is 2. The van der Waals surface area contributed by atoms with Gasteiger partial charge in [-0.05, 0) is 24.3 Å². The third-order valence-electron chi connectivity index (χ3n) is 3.83. The van der Waals surface area contributed by atoms with Gasteiger partial charge in [0.05, 0.1) is 17.6 Å². The van der Waals surface area contributed by atoms with Crippen molar-refractivity contribution in [1.29, 1.82) is 0 Å². The van der Waals surface area contributed by atoms with Crippen LogP contribution in [0.25, 0.3) is 0 Å². The Hall–Kier alpha value is -3.27. The second-order valence-corrected chi connectivity index (χ2v) is 6.19. The lowest BCUT2D eigenvalue weighted by Gasteiger charge is -2.23. The van der Waals surface area contributed by atoms with E-state index in [2.05, 4.69) is 26.4 Å². The number of aliphatic hydroxyl groups is 3. The minimum Gasteiger partial charge on any atom is -0.388 e. The molecule has 0 saturated carbocycles. The first-order valence-electron chi connectivity index (χ1n) is 8.98. The lowest BCUT2D eigenvalue weighted by atomic mass is 10.0. The molecular weight excluding hydrogens is 374 g/mol. The molecule has 9 nitrogen and oxygen atoms in total. The van der Waals surface area contributed by atoms with Gasteiger partial charge < -0.3 is 20.6 Å². The number of aliphatic hydroxyl groups excluding tert-OH is 3. The van der Waals surface area contributed by atoms with Crippen molar-refractivity contribution in [1.82, 2.24) is 5.32 Å². The van der Waals surface area contributed by atoms with E-state index in [9.17, 15) is 20.1 Å². The summed E-state index contributed by atoms with van der Waals surface area (Å²) < 4.78 is 0. The molecule has 3 unspecified atom stereocenters. The van der Waals surface area contributed by atoms with Crippen LogP contribution in [-0.4, -0.2) is 58.0 Å². The highest BCUT2D eigenvalue weighted by molar-refractivity contribution is 6.33. The van der Waals surface area contributed by atoms with Gasteiger partial charge in [0, 0.05) is 13.5 Å². The van der Waals surface area contributed by atoms with Gasteiger partial charge in [0.2, 0.25) is 5.91 Å². The number of nitrogens with zero attached hydrogens (tertiary/aromatic N) is 2. The summed E-state index contributed by atoms with van der Waals surface area (Å²) in [7, 11) is 0. The second kappa shape index (κ2) is 11.5. The van der Waals surface area contributed by atoms with Gasteiger partial charge >= 0.3 is 0 Å². The molecule has 2 rings (SSSR count). The third-order valence-corrected chi connectivity index (χ3v) is 3.83. The van der Waals surface area contributed by atoms with Crippen molar-refractivity contribution in [2.45, 2.75) is 25.2 Å². The monoisotopic (exact) mass is 399 g/mol. The number of hydrogen-bond donors (Lipinski definition) is 6. The van der Waals surface area contributed by atoms with Crippen LogP contribution in [0.2, 0.25) is 0 Å². The standard InChI is InChI=1S/C20H25N5O4/c1-14(26)21-13-18(27)20(29)19(28)17(25-24-16-10-6-3-7-11-16)12-22-23-15-8-4-2-5-9-15/h2-12,18-20,23-24,27-29H,13H2,1H3,(H,21,26)/b22-12+,25-17+. The third kappa shape index (κ3) is 7.70. The van der Waals surface area contributed by atoms with Crippen LogP contribution in [0.15, 0.2) is 70.9 Å². The first kappa shape index (κ1) is 22.0. The van der Waals surface area contributed by atoms with Crippen molar-refractivity contribution in [3.8, 4) is 0 Å². The van der Waals surface area contributed by atoms with Crippen LogP contribution in [0, 0.1) is 0 Å². The minimum absolute atomic E-state index is 0.0216. The number of nitrogens with one attached hydrogen (secondary N) is 3. The van der Waals surface area contributed by atoms with Crippen LogP contribution in [0.3, 0.4) is 0 Å². The van der Waals surface area contributed by atoms with E-state index >= 15 is 0 Å². The highest BCUT2D eigenvalue weighted by Gasteiger charge is 2.28. The Morgan fingerprint density at radius 2 is 1.52 bits per heavy atom. The summed E-state index contributed by atoms with van der Waals surface area (Å²) in [5, 5.41) is 41.2. The van der Waals surface area contributed by atoms with E-state index in [4.69, 9.17) is 0 Å². The molecule has 6 N–H and O–H groups in total. The number of para-hydroxylation sites is 2. The summed E-state index contributed by atoms with van der Waals surface area (Å²) in [6, 6.07) is 18.2. The van der Waals surface area contributed by atoms with Gasteiger partial charge in [0.1, 0.15) is 24.0 Å². The Kier molecular flexibility index (Phi) is 8.77. The molecule has 29 heavy (non-hydrogen) atoms. The van der Waals surface area contributed by atoms with Crippen molar-refractivity contribution in [3.63, 3.8) is 0 Å². The molecule has 0 bridgehead atoms. The van der Waals surface area contributed by atoms with Crippen molar-refractivity contribution < 1.29 is 20.1 Å². The normalized spacial score (nSPS) is 14.8. The molecule has 2 aromatic rings. The van der Waals surface area contributed by atoms with E-state index in [0.29, 0.717) is 5.69 Å². The summed E-state index contributed by atoms with van der Waals surface area (Å²) in [5.41, 5.74) is 6.91. The zero-order valence-corrected chi connectivity index (χ0v) is 15.9. The number of anilines is 2. The Morgan fingerprint density at radius 1 is 0.966 bits per heavy atom. The molecule has 9 heteroatoms. The predicted octanol–water partition coefficient (Wildman–Crippen LogP) is 0.771. The minimum atomic E-state index is -1.60. The van der Waals surface area contributed by atoms with E-state index in [1.807, 2.05) is 36.4 Å². The fourth-order valence-electron chi connectivity index (χ4n) is 2.25. The van der Waals surface area contributed by atoms with Gasteiger partial charge in [-0.25, -0.2) is 0 Å². The maximum absolute atomic E-state index is 11.0. The number of benzene rings is 2. The number of carbonyl (C=O) groups is 1. The predicted molar refractivity (Wildman–Crippen MR) is 113 cm³/mol. The molecule has 0 radical (unpaired) electrons. The van der Waals surface area contributed by atoms with Gasteiger partial charge in [0.15, 0.2) is 0 Å². The largest absolute Gasteiger partial charge is 0.388 e. The van der Waals surface area contributed by atoms with E-state index in [1.54, 1.807) is 24.3 Å². The average Bonchev–Trinajstić information content (AvgIpc) is 2.74. The number of amides is 1. The summed E-state index contributed by atoms with van der Waals surface area (Å²) in [6.45, 7) is 1.07. The summed E-state index contributed by atoms with van der Waals surface area (Å²) in [5.74, 6) is -0.362. The molecule has 0 aromatic heterocycles. The van der Waals surface area contributed by atoms with Gasteiger partial charge in [-0.3, -0.25) is 15.6 Å². The molecule has 0 heterocycles. The molecule has 2 aromatic carbocycles. The van der Waals surface area contributed by atoms with E-state index in [-0.39, 0.29) is 18.2 Å². The quantitative estimate of drug-likeness (QED) is 0.258. The van der Waals surface area contributed by atoms with Crippen LogP contribution in [-0.2, 0) is 4.79 Å². The first-order chi connectivity index (χ1) is 14.0. The molecule has 0 saturated heterocycles. The van der Waals surface area contributed by atoms with Crippen LogP contribution in [0.5, 0.6) is 0 Å². The van der Waals surface area contributed by atoms with E-state index in [1.165, 1.54) is 13.1 Å². The Labute approximate surface area is 168 Å². The maximum Gasteiger partial charge on any atom is 0.216 e. The molecular formula is C20H25N5O4. The fourth-order valence-corrected chi connectivity index (χ4v) is 2.25. The highest BCUT2D eigenvalue weighted by Crippen LogP contribution is 2.08. The van der Waals surface area contributed by atoms with Gasteiger partial charge in [-0.1, -0.05) is 36.4 Å². The SMILES string of the molecule is CC(=O)NCC(O)C(O)C(O)C(/C=N/Nc1ccccc1)=N/Nc1ccccc1. The molecule has 0 aliphatic carbocycles. The number of carbonyl (C=O) groups excluding carboxylic acids is 1.